The van der Waals surface area contributed by atoms with Gasteiger partial charge in [-0.2, -0.15) is 0 Å². The molecule has 2 atom stereocenters. The molecule has 1 unspecified atom stereocenters. The lowest BCUT2D eigenvalue weighted by Crippen LogP contribution is -2.40. The lowest BCUT2D eigenvalue weighted by molar-refractivity contribution is -0.138. The predicted octanol–water partition coefficient (Wildman–Crippen LogP) is 1.90. The molecule has 1 saturated heterocycles. The van der Waals surface area contributed by atoms with Crippen molar-refractivity contribution in [3.8, 4) is 0 Å². The van der Waals surface area contributed by atoms with Crippen molar-refractivity contribution >= 4 is 0 Å². The van der Waals surface area contributed by atoms with Crippen LogP contribution in [0.5, 0.6) is 0 Å². The van der Waals surface area contributed by atoms with Gasteiger partial charge in [0.15, 0.2) is 0 Å². The molecule has 7 heteroatoms. The molecule has 1 aromatic heterocycles. The Morgan fingerprint density at radius 2 is 1.95 bits per heavy atom. The van der Waals surface area contributed by atoms with Crippen LogP contribution in [0, 0.1) is 5.92 Å². The molecule has 0 amide bonds. The summed E-state index contributed by atoms with van der Waals surface area (Å²) in [6, 6.07) is 1.03. The van der Waals surface area contributed by atoms with Gasteiger partial charge in [-0.3, -0.25) is 14.3 Å². The summed E-state index contributed by atoms with van der Waals surface area (Å²) in [6.07, 6.45) is 0.208. The van der Waals surface area contributed by atoms with E-state index in [1.807, 2.05) is 4.98 Å². The molecule has 1 aromatic rings. The third-order valence-electron chi connectivity index (χ3n) is 4.34. The van der Waals surface area contributed by atoms with Gasteiger partial charge >= 0.3 is 5.69 Å². The Hall–Kier alpha value is -1.50. The smallest absolute Gasteiger partial charge is 0.330 e. The third-order valence-corrected chi connectivity index (χ3v) is 4.34. The SMILES string of the molecule is CCC1(CC)O[C@@H](n2ccc(=O)[nH]c2=O)C(F)(F)C1C. The Morgan fingerprint density at radius 3 is 2.40 bits per heavy atom. The first kappa shape index (κ1) is 14.9. The van der Waals surface area contributed by atoms with Crippen LogP contribution in [-0.2, 0) is 4.74 Å². The summed E-state index contributed by atoms with van der Waals surface area (Å²) in [4.78, 5) is 24.7. The number of ether oxygens (including phenoxy) is 1. The van der Waals surface area contributed by atoms with E-state index in [-0.39, 0.29) is 0 Å². The molecule has 1 aliphatic heterocycles. The molecule has 0 radical (unpaired) electrons. The van der Waals surface area contributed by atoms with Gasteiger partial charge in [0.1, 0.15) is 0 Å². The zero-order chi connectivity index (χ0) is 15.1. The Kier molecular flexibility index (Phi) is 3.58. The lowest BCUT2D eigenvalue weighted by atomic mass is 9.82. The van der Waals surface area contributed by atoms with E-state index in [0.29, 0.717) is 12.8 Å². The summed E-state index contributed by atoms with van der Waals surface area (Å²) in [5, 5.41) is 0. The first-order valence-corrected chi connectivity index (χ1v) is 6.65. The van der Waals surface area contributed by atoms with Crippen LogP contribution in [0.2, 0.25) is 0 Å². The number of rotatable bonds is 3. The number of aromatic amines is 1. The van der Waals surface area contributed by atoms with Gasteiger partial charge in [0, 0.05) is 12.3 Å². The molecule has 20 heavy (non-hydrogen) atoms. The molecular formula is C13H18F2N2O3. The maximum atomic E-state index is 14.5. The number of halogens is 2. The molecule has 2 heterocycles. The largest absolute Gasteiger partial charge is 0.345 e. The number of aromatic nitrogens is 2. The molecule has 5 nitrogen and oxygen atoms in total. The number of hydrogen-bond donors (Lipinski definition) is 1. The Bertz CT molecular complexity index is 604. The maximum absolute atomic E-state index is 14.5. The van der Waals surface area contributed by atoms with Crippen molar-refractivity contribution in [1.82, 2.24) is 9.55 Å². The van der Waals surface area contributed by atoms with Crippen LogP contribution in [0.15, 0.2) is 21.9 Å². The van der Waals surface area contributed by atoms with E-state index in [0.717, 1.165) is 16.8 Å². The van der Waals surface area contributed by atoms with Gasteiger partial charge in [0.05, 0.1) is 11.5 Å². The Balaban J connectivity index is 2.52. The minimum atomic E-state index is -3.19. The zero-order valence-electron chi connectivity index (χ0n) is 11.7. The summed E-state index contributed by atoms with van der Waals surface area (Å²) >= 11 is 0. The van der Waals surface area contributed by atoms with Gasteiger partial charge < -0.3 is 4.74 Å². The minimum absolute atomic E-state index is 0.425. The van der Waals surface area contributed by atoms with Crippen molar-refractivity contribution in [3.63, 3.8) is 0 Å². The Labute approximate surface area is 114 Å². The van der Waals surface area contributed by atoms with Crippen LogP contribution in [0.25, 0.3) is 0 Å². The quantitative estimate of drug-likeness (QED) is 0.924. The molecule has 0 aliphatic carbocycles. The zero-order valence-corrected chi connectivity index (χ0v) is 11.7. The second-order valence-electron chi connectivity index (χ2n) is 5.16. The van der Waals surface area contributed by atoms with Crippen LogP contribution in [-0.4, -0.2) is 21.1 Å². The Morgan fingerprint density at radius 1 is 1.35 bits per heavy atom. The van der Waals surface area contributed by atoms with Crippen LogP contribution in [0.3, 0.4) is 0 Å². The number of hydrogen-bond acceptors (Lipinski definition) is 3. The first-order valence-electron chi connectivity index (χ1n) is 6.65. The van der Waals surface area contributed by atoms with Crippen LogP contribution >= 0.6 is 0 Å². The average Bonchev–Trinajstić information content (AvgIpc) is 2.60. The summed E-state index contributed by atoms with van der Waals surface area (Å²) in [7, 11) is 0. The second-order valence-corrected chi connectivity index (χ2v) is 5.16. The number of nitrogens with one attached hydrogen (secondary N) is 1. The summed E-state index contributed by atoms with van der Waals surface area (Å²) in [5.41, 5.74) is -2.49. The van der Waals surface area contributed by atoms with Crippen LogP contribution in [0.4, 0.5) is 8.78 Å². The van der Waals surface area contributed by atoms with Crippen molar-refractivity contribution in [2.24, 2.45) is 5.92 Å². The van der Waals surface area contributed by atoms with Gasteiger partial charge in [0.2, 0.25) is 6.23 Å². The van der Waals surface area contributed by atoms with Crippen molar-refractivity contribution in [2.45, 2.75) is 51.4 Å². The molecular weight excluding hydrogens is 270 g/mol. The fourth-order valence-corrected chi connectivity index (χ4v) is 2.85. The normalized spacial score (nSPS) is 27.6. The van der Waals surface area contributed by atoms with Crippen molar-refractivity contribution in [3.05, 3.63) is 33.1 Å². The highest BCUT2D eigenvalue weighted by Crippen LogP contribution is 2.54. The summed E-state index contributed by atoms with van der Waals surface area (Å²) < 4.78 is 35.2. The standard InChI is InChI=1S/C13H18F2N2O3/c1-4-12(5-2)8(3)13(14,15)10(20-12)17-7-6-9(18)16-11(17)19/h6-8,10H,4-5H2,1-3H3,(H,16,18,19)/t8?,10-/m1/s1. The summed E-state index contributed by atoms with van der Waals surface area (Å²) in [5.74, 6) is -4.21. The van der Waals surface area contributed by atoms with Gasteiger partial charge in [-0.25, -0.2) is 13.6 Å². The fraction of sp³-hybridized carbons (Fsp3) is 0.692. The van der Waals surface area contributed by atoms with Crippen molar-refractivity contribution < 1.29 is 13.5 Å². The third kappa shape index (κ3) is 2.00. The number of alkyl halides is 2. The molecule has 0 spiro atoms. The van der Waals surface area contributed by atoms with Crippen LogP contribution < -0.4 is 11.2 Å². The topological polar surface area (TPSA) is 64.1 Å². The van der Waals surface area contributed by atoms with Crippen molar-refractivity contribution in [2.75, 3.05) is 0 Å². The average molecular weight is 288 g/mol. The summed E-state index contributed by atoms with van der Waals surface area (Å²) in [6.45, 7) is 5.01. The lowest BCUT2D eigenvalue weighted by Gasteiger charge is -2.30. The highest BCUT2D eigenvalue weighted by atomic mass is 19.3. The molecule has 2 rings (SSSR count). The van der Waals surface area contributed by atoms with Gasteiger partial charge in [-0.05, 0) is 12.8 Å². The maximum Gasteiger partial charge on any atom is 0.330 e. The van der Waals surface area contributed by atoms with E-state index in [1.165, 1.54) is 6.92 Å². The molecule has 1 fully saturated rings. The highest BCUT2D eigenvalue weighted by molar-refractivity contribution is 5.02. The second kappa shape index (κ2) is 4.80. The van der Waals surface area contributed by atoms with E-state index >= 15 is 0 Å². The fourth-order valence-electron chi connectivity index (χ4n) is 2.85. The first-order chi connectivity index (χ1) is 9.28. The van der Waals surface area contributed by atoms with E-state index in [2.05, 4.69) is 0 Å². The van der Waals surface area contributed by atoms with E-state index < -0.39 is 34.9 Å². The van der Waals surface area contributed by atoms with Crippen LogP contribution in [0.1, 0.15) is 39.8 Å². The number of H-pyrrole nitrogens is 1. The molecule has 0 aromatic carbocycles. The molecule has 1 N–H and O–H groups in total. The molecule has 1 aliphatic rings. The van der Waals surface area contributed by atoms with E-state index in [9.17, 15) is 18.4 Å². The molecule has 0 saturated carbocycles. The van der Waals surface area contributed by atoms with Gasteiger partial charge in [0.25, 0.3) is 11.5 Å². The molecule has 0 bridgehead atoms. The predicted molar refractivity (Wildman–Crippen MR) is 68.9 cm³/mol. The highest BCUT2D eigenvalue weighted by Gasteiger charge is 2.63. The molecule has 112 valence electrons. The number of nitrogens with zero attached hydrogens (tertiary/aromatic N) is 1. The van der Waals surface area contributed by atoms with E-state index in [4.69, 9.17) is 4.74 Å². The van der Waals surface area contributed by atoms with Gasteiger partial charge in [-0.1, -0.05) is 20.8 Å². The monoisotopic (exact) mass is 288 g/mol. The van der Waals surface area contributed by atoms with Crippen molar-refractivity contribution in [1.29, 1.82) is 0 Å². The minimum Gasteiger partial charge on any atom is -0.345 e. The van der Waals surface area contributed by atoms with E-state index in [1.54, 1.807) is 13.8 Å². The van der Waals surface area contributed by atoms with Gasteiger partial charge in [-0.15, -0.1) is 0 Å².